The number of hydrogen-bond acceptors (Lipinski definition) is 5. The number of rotatable bonds is 4. The van der Waals surface area contributed by atoms with Gasteiger partial charge in [0, 0.05) is 63.0 Å². The van der Waals surface area contributed by atoms with E-state index in [0.29, 0.717) is 87.7 Å². The quantitative estimate of drug-likeness (QED) is 0.563. The topological polar surface area (TPSA) is 88.7 Å². The van der Waals surface area contributed by atoms with Gasteiger partial charge in [0.25, 0.3) is 0 Å². The molecule has 170 valence electrons. The van der Waals surface area contributed by atoms with Gasteiger partial charge in [0.15, 0.2) is 5.43 Å². The number of pyridine rings is 1. The van der Waals surface area contributed by atoms with E-state index in [9.17, 15) is 9.18 Å². The number of piperazine rings is 1. The zero-order valence-electron chi connectivity index (χ0n) is 18.1. The van der Waals surface area contributed by atoms with E-state index in [1.54, 1.807) is 0 Å². The van der Waals surface area contributed by atoms with Crippen LogP contribution in [0.4, 0.5) is 10.1 Å². The van der Waals surface area contributed by atoms with Crippen molar-refractivity contribution in [2.75, 3.05) is 57.4 Å². The van der Waals surface area contributed by atoms with Crippen molar-refractivity contribution in [1.29, 1.82) is 10.8 Å². The van der Waals surface area contributed by atoms with Crippen LogP contribution in [0.1, 0.15) is 25.3 Å². The summed E-state index contributed by atoms with van der Waals surface area (Å²) in [6.07, 6.45) is 4.31. The normalized spacial score (nSPS) is 19.5. The van der Waals surface area contributed by atoms with Crippen molar-refractivity contribution in [3.05, 3.63) is 40.4 Å². The molecule has 0 spiro atoms. The molecule has 0 atom stereocenters. The molecule has 0 radical (unpaired) electrons. The highest BCUT2D eigenvalue weighted by Crippen LogP contribution is 2.37. The minimum Gasteiger partial charge on any atom is -0.378 e. The molecule has 0 bridgehead atoms. The first kappa shape index (κ1) is 20.9. The number of anilines is 1. The van der Waals surface area contributed by atoms with Crippen molar-refractivity contribution in [3.8, 4) is 0 Å². The number of nitrogens with one attached hydrogen (secondary N) is 2. The van der Waals surface area contributed by atoms with Gasteiger partial charge in [0.2, 0.25) is 0 Å². The van der Waals surface area contributed by atoms with Crippen molar-refractivity contribution >= 4 is 28.3 Å². The molecule has 9 heteroatoms. The van der Waals surface area contributed by atoms with Crippen LogP contribution in [-0.4, -0.2) is 78.5 Å². The number of ether oxygens (including phenoxy) is 1. The Labute approximate surface area is 186 Å². The predicted octanol–water partition coefficient (Wildman–Crippen LogP) is 2.27. The van der Waals surface area contributed by atoms with Crippen molar-refractivity contribution in [1.82, 2.24) is 14.4 Å². The Bertz CT molecular complexity index is 1100. The lowest BCUT2D eigenvalue weighted by Crippen LogP contribution is -2.50. The summed E-state index contributed by atoms with van der Waals surface area (Å²) < 4.78 is 22.4. The molecule has 8 nitrogen and oxygen atoms in total. The maximum absolute atomic E-state index is 15.0. The number of benzene rings is 1. The van der Waals surface area contributed by atoms with Crippen LogP contribution in [0.5, 0.6) is 0 Å². The molecule has 3 heterocycles. The molecule has 1 aromatic heterocycles. The predicted molar refractivity (Wildman–Crippen MR) is 123 cm³/mol. The molecule has 2 N–H and O–H groups in total. The van der Waals surface area contributed by atoms with E-state index in [0.717, 1.165) is 18.4 Å². The molecule has 2 aromatic rings. The largest absolute Gasteiger partial charge is 0.378 e. The average Bonchev–Trinajstić information content (AvgIpc) is 3.65. The number of morpholine rings is 1. The number of hydrogen-bond donors (Lipinski definition) is 2. The summed E-state index contributed by atoms with van der Waals surface area (Å²) in [6.45, 7) is 5.06. The molecule has 2 aliphatic heterocycles. The summed E-state index contributed by atoms with van der Waals surface area (Å²) in [5.41, 5.74) is 1.17. The molecule has 5 rings (SSSR count). The van der Waals surface area contributed by atoms with E-state index < -0.39 is 0 Å². The molecule has 1 aromatic carbocycles. The third kappa shape index (κ3) is 4.09. The lowest BCUT2D eigenvalue weighted by atomic mass is 10.1. The zero-order valence-corrected chi connectivity index (χ0v) is 18.1. The molecule has 3 fully saturated rings. The molecular formula is C23H29FN6O2. The van der Waals surface area contributed by atoms with E-state index in [2.05, 4.69) is 4.57 Å². The minimum atomic E-state index is -0.374. The van der Waals surface area contributed by atoms with Gasteiger partial charge < -0.3 is 24.0 Å². The van der Waals surface area contributed by atoms with Crippen LogP contribution >= 0.6 is 0 Å². The van der Waals surface area contributed by atoms with E-state index in [4.69, 9.17) is 15.6 Å². The molecule has 32 heavy (non-hydrogen) atoms. The second-order valence-electron chi connectivity index (χ2n) is 8.78. The van der Waals surface area contributed by atoms with Crippen molar-refractivity contribution in [2.45, 2.75) is 25.3 Å². The van der Waals surface area contributed by atoms with E-state index >= 15 is 0 Å². The van der Waals surface area contributed by atoms with Crippen molar-refractivity contribution in [3.63, 3.8) is 0 Å². The maximum Gasteiger partial charge on any atom is 0.189 e. The van der Waals surface area contributed by atoms with E-state index in [1.807, 2.05) is 27.0 Å². The fraction of sp³-hybridized carbons (Fsp3) is 0.522. The summed E-state index contributed by atoms with van der Waals surface area (Å²) in [6, 6.07) is 5.12. The zero-order chi connectivity index (χ0) is 22.2. The Balaban J connectivity index is 1.27. The third-order valence-corrected chi connectivity index (χ3v) is 6.67. The van der Waals surface area contributed by atoms with Crippen LogP contribution in [0, 0.1) is 16.6 Å². The Morgan fingerprint density at radius 3 is 2.31 bits per heavy atom. The van der Waals surface area contributed by atoms with Gasteiger partial charge >= 0.3 is 0 Å². The Kier molecular flexibility index (Phi) is 5.58. The number of amidine groups is 2. The van der Waals surface area contributed by atoms with Gasteiger partial charge in [0.05, 0.1) is 30.8 Å². The summed E-state index contributed by atoms with van der Waals surface area (Å²) in [5, 5.41) is 17.2. The van der Waals surface area contributed by atoms with Crippen molar-refractivity contribution < 1.29 is 9.13 Å². The van der Waals surface area contributed by atoms with Gasteiger partial charge in [-0.2, -0.15) is 0 Å². The molecule has 1 aliphatic carbocycles. The van der Waals surface area contributed by atoms with Gasteiger partial charge in [-0.3, -0.25) is 15.6 Å². The molecule has 2 saturated heterocycles. The standard InChI is InChI=1S/C23H29FN6O2/c24-18-13-17-19(30(16-1-2-16)4-3-21(17)31)14-20(18)27-5-7-28(8-6-27)22(25)15-23(26)29-9-11-32-12-10-29/h3-4,13-14,16,25-26H,1-2,5-12,15H2. The lowest BCUT2D eigenvalue weighted by Gasteiger charge is -2.38. The maximum atomic E-state index is 15.0. The molecule has 1 saturated carbocycles. The summed E-state index contributed by atoms with van der Waals surface area (Å²) in [7, 11) is 0. The summed E-state index contributed by atoms with van der Waals surface area (Å²) in [4.78, 5) is 18.2. The van der Waals surface area contributed by atoms with Gasteiger partial charge in [-0.25, -0.2) is 4.39 Å². The summed E-state index contributed by atoms with van der Waals surface area (Å²) in [5.74, 6) is 0.516. The van der Waals surface area contributed by atoms with Gasteiger partial charge in [-0.05, 0) is 25.0 Å². The molecule has 3 aliphatic rings. The Hall–Kier alpha value is -2.94. The fourth-order valence-corrected chi connectivity index (χ4v) is 4.63. The van der Waals surface area contributed by atoms with Crippen LogP contribution in [0.25, 0.3) is 10.9 Å². The van der Waals surface area contributed by atoms with E-state index in [1.165, 1.54) is 12.1 Å². The minimum absolute atomic E-state index is 0.150. The highest BCUT2D eigenvalue weighted by atomic mass is 19.1. The lowest BCUT2D eigenvalue weighted by molar-refractivity contribution is 0.0671. The first-order valence-corrected chi connectivity index (χ1v) is 11.3. The smallest absolute Gasteiger partial charge is 0.189 e. The fourth-order valence-electron chi connectivity index (χ4n) is 4.63. The summed E-state index contributed by atoms with van der Waals surface area (Å²) >= 11 is 0. The number of halogens is 1. The van der Waals surface area contributed by atoms with Crippen molar-refractivity contribution in [2.24, 2.45) is 0 Å². The van der Waals surface area contributed by atoms with Crippen LogP contribution in [-0.2, 0) is 4.74 Å². The molecule has 0 amide bonds. The van der Waals surface area contributed by atoms with Crippen LogP contribution < -0.4 is 10.3 Å². The van der Waals surface area contributed by atoms with Crippen LogP contribution in [0.2, 0.25) is 0 Å². The second kappa shape index (κ2) is 8.54. The van der Waals surface area contributed by atoms with Gasteiger partial charge in [0.1, 0.15) is 17.5 Å². The Morgan fingerprint density at radius 1 is 1.00 bits per heavy atom. The highest BCUT2D eigenvalue weighted by Gasteiger charge is 2.27. The number of aromatic nitrogens is 1. The first-order valence-electron chi connectivity index (χ1n) is 11.3. The number of nitrogens with zero attached hydrogens (tertiary/aromatic N) is 4. The third-order valence-electron chi connectivity index (χ3n) is 6.67. The molecule has 0 unspecified atom stereocenters. The average molecular weight is 441 g/mol. The van der Waals surface area contributed by atoms with Crippen LogP contribution in [0.15, 0.2) is 29.2 Å². The van der Waals surface area contributed by atoms with Gasteiger partial charge in [-0.1, -0.05) is 0 Å². The first-order chi connectivity index (χ1) is 15.5. The van der Waals surface area contributed by atoms with E-state index in [-0.39, 0.29) is 11.2 Å². The second-order valence-corrected chi connectivity index (χ2v) is 8.78. The van der Waals surface area contributed by atoms with Crippen LogP contribution in [0.3, 0.4) is 0 Å². The molecular weight excluding hydrogens is 411 g/mol. The Morgan fingerprint density at radius 2 is 1.66 bits per heavy atom. The van der Waals surface area contributed by atoms with Gasteiger partial charge in [-0.15, -0.1) is 0 Å². The monoisotopic (exact) mass is 440 g/mol. The SMILES string of the molecule is N=C(CC(=N)N1CCN(c2cc3c(cc2F)c(=O)ccn3C2CC2)CC1)N1CCOCC1. The number of fused-ring (bicyclic) bond motifs is 1. The highest BCUT2D eigenvalue weighted by molar-refractivity contribution is 5.99.